The van der Waals surface area contributed by atoms with Crippen LogP contribution in [0.4, 0.5) is 0 Å². The Morgan fingerprint density at radius 2 is 2.24 bits per heavy atom. The highest BCUT2D eigenvalue weighted by molar-refractivity contribution is 6.69. The molecule has 17 heavy (non-hydrogen) atoms. The molecule has 1 aliphatic heterocycles. The van der Waals surface area contributed by atoms with Crippen molar-refractivity contribution in [3.8, 4) is 0 Å². The van der Waals surface area contributed by atoms with Crippen molar-refractivity contribution in [3.63, 3.8) is 0 Å². The molecule has 6 heteroatoms. The lowest BCUT2D eigenvalue weighted by Crippen LogP contribution is -2.34. The number of ether oxygens (including phenoxy) is 1. The van der Waals surface area contributed by atoms with Crippen molar-refractivity contribution in [2.45, 2.75) is 38.8 Å². The normalized spacial score (nSPS) is 20.9. The Labute approximate surface area is 103 Å². The molecular weight excluding hydrogens is 238 g/mol. The van der Waals surface area contributed by atoms with Gasteiger partial charge in [0.15, 0.2) is 8.32 Å². The van der Waals surface area contributed by atoms with E-state index in [-0.39, 0.29) is 6.29 Å². The maximum absolute atomic E-state index is 10.9. The molecule has 0 fully saturated rings. The van der Waals surface area contributed by atoms with Crippen LogP contribution in [0.15, 0.2) is 17.3 Å². The largest absolute Gasteiger partial charge is 0.466 e. The highest BCUT2D eigenvalue weighted by Gasteiger charge is 2.24. The van der Waals surface area contributed by atoms with Crippen molar-refractivity contribution >= 4 is 20.0 Å². The predicted molar refractivity (Wildman–Crippen MR) is 67.1 cm³/mol. The molecule has 0 radical (unpaired) electrons. The van der Waals surface area contributed by atoms with Crippen LogP contribution in [0.2, 0.25) is 19.6 Å². The molecule has 5 nitrogen and oxygen atoms in total. The summed E-state index contributed by atoms with van der Waals surface area (Å²) in [6, 6.07) is 0. The van der Waals surface area contributed by atoms with Gasteiger partial charge in [-0.3, -0.25) is 0 Å². The number of carbonyl (C=O) groups excluding carboxylic acids is 1. The number of hydrogen-bond acceptors (Lipinski definition) is 5. The van der Waals surface area contributed by atoms with Gasteiger partial charge in [-0.1, -0.05) is 5.16 Å². The molecule has 96 valence electrons. The van der Waals surface area contributed by atoms with Gasteiger partial charge in [-0.05, 0) is 32.1 Å². The van der Waals surface area contributed by atoms with Crippen LogP contribution in [0.5, 0.6) is 0 Å². The molecule has 1 heterocycles. The van der Waals surface area contributed by atoms with Gasteiger partial charge in [0.05, 0.1) is 12.8 Å². The molecule has 0 N–H and O–H groups in total. The van der Waals surface area contributed by atoms with E-state index in [4.69, 9.17) is 9.26 Å². The second-order valence-corrected chi connectivity index (χ2v) is 9.20. The van der Waals surface area contributed by atoms with Crippen molar-refractivity contribution in [2.24, 2.45) is 5.16 Å². The molecule has 0 saturated carbocycles. The molecule has 0 aliphatic carbocycles. The highest BCUT2D eigenvalue weighted by Crippen LogP contribution is 2.17. The number of methoxy groups -OCH3 is 1. The van der Waals surface area contributed by atoms with Crippen LogP contribution >= 0.6 is 0 Å². The molecule has 0 spiro atoms. The molecule has 1 aliphatic rings. The molecule has 0 amide bonds. The molecule has 0 bridgehead atoms. The molecule has 1 unspecified atom stereocenters. The van der Waals surface area contributed by atoms with Crippen LogP contribution in [0, 0.1) is 0 Å². The summed E-state index contributed by atoms with van der Waals surface area (Å²) in [5, 5.41) is 3.92. The summed E-state index contributed by atoms with van der Waals surface area (Å²) in [7, 11) is -0.258. The zero-order valence-corrected chi connectivity index (χ0v) is 11.7. The van der Waals surface area contributed by atoms with Crippen molar-refractivity contribution in [2.75, 3.05) is 7.11 Å². The lowest BCUT2D eigenvalue weighted by Gasteiger charge is -2.26. The SMILES string of the molecule is COC(=O)/C=C/C1=NOC(O[Si](C)(C)C)CC1. The summed E-state index contributed by atoms with van der Waals surface area (Å²) in [5.74, 6) is -0.395. The number of nitrogens with zero attached hydrogens (tertiary/aromatic N) is 1. The number of carbonyl (C=O) groups is 1. The maximum atomic E-state index is 10.9. The third-order valence-electron chi connectivity index (χ3n) is 2.02. The minimum Gasteiger partial charge on any atom is -0.466 e. The Bertz CT molecular complexity index is 333. The van der Waals surface area contributed by atoms with E-state index < -0.39 is 14.3 Å². The summed E-state index contributed by atoms with van der Waals surface area (Å²) >= 11 is 0. The number of rotatable bonds is 4. The Morgan fingerprint density at radius 1 is 1.53 bits per heavy atom. The van der Waals surface area contributed by atoms with Gasteiger partial charge < -0.3 is 14.0 Å². The minimum absolute atomic E-state index is 0.253. The van der Waals surface area contributed by atoms with Crippen LogP contribution in [0.25, 0.3) is 0 Å². The van der Waals surface area contributed by atoms with Crippen molar-refractivity contribution in [1.29, 1.82) is 0 Å². The average molecular weight is 257 g/mol. The standard InChI is InChI=1S/C11H19NO4Si/c1-14-10(13)7-5-9-6-8-11(15-12-9)16-17(2,3)4/h5,7,11H,6,8H2,1-4H3/b7-5+. The molecule has 0 aromatic rings. The topological polar surface area (TPSA) is 57.1 Å². The van der Waals surface area contributed by atoms with Gasteiger partial charge in [-0.2, -0.15) is 0 Å². The highest BCUT2D eigenvalue weighted by atomic mass is 28.4. The summed E-state index contributed by atoms with van der Waals surface area (Å²) in [6.45, 7) is 6.31. The number of allylic oxidation sites excluding steroid dienone is 1. The number of esters is 1. The summed E-state index contributed by atoms with van der Waals surface area (Å²) < 4.78 is 10.3. The van der Waals surface area contributed by atoms with E-state index in [1.54, 1.807) is 6.08 Å². The van der Waals surface area contributed by atoms with Gasteiger partial charge in [0.1, 0.15) is 0 Å². The van der Waals surface area contributed by atoms with E-state index in [1.165, 1.54) is 13.2 Å². The maximum Gasteiger partial charge on any atom is 0.330 e. The first-order valence-electron chi connectivity index (χ1n) is 5.57. The first kappa shape index (κ1) is 13.9. The van der Waals surface area contributed by atoms with Gasteiger partial charge in [0.2, 0.25) is 6.29 Å². The molecule has 0 aromatic carbocycles. The lowest BCUT2D eigenvalue weighted by molar-refractivity contribution is -0.134. The molecule has 0 saturated heterocycles. The van der Waals surface area contributed by atoms with Crippen LogP contribution < -0.4 is 0 Å². The van der Waals surface area contributed by atoms with Crippen molar-refractivity contribution in [3.05, 3.63) is 12.2 Å². The Balaban J connectivity index is 2.45. The van der Waals surface area contributed by atoms with E-state index in [2.05, 4.69) is 29.5 Å². The fourth-order valence-electron chi connectivity index (χ4n) is 1.31. The van der Waals surface area contributed by atoms with E-state index in [0.29, 0.717) is 0 Å². The monoisotopic (exact) mass is 257 g/mol. The van der Waals surface area contributed by atoms with Gasteiger partial charge in [0.25, 0.3) is 0 Å². The average Bonchev–Trinajstić information content (AvgIpc) is 2.25. The zero-order chi connectivity index (χ0) is 12.9. The van der Waals surface area contributed by atoms with E-state index in [9.17, 15) is 4.79 Å². The first-order chi connectivity index (χ1) is 7.90. The van der Waals surface area contributed by atoms with Gasteiger partial charge in [-0.25, -0.2) is 4.79 Å². The Kier molecular flexibility index (Phi) is 4.89. The number of hydrogen-bond donors (Lipinski definition) is 0. The van der Waals surface area contributed by atoms with Crippen LogP contribution in [-0.4, -0.2) is 33.4 Å². The van der Waals surface area contributed by atoms with E-state index in [1.807, 2.05) is 0 Å². The second kappa shape index (κ2) is 5.97. The molecule has 1 atom stereocenters. The summed E-state index contributed by atoms with van der Waals surface area (Å²) in [5.41, 5.74) is 0.728. The number of oxime groups is 1. The Hall–Kier alpha value is -1.14. The van der Waals surface area contributed by atoms with Crippen LogP contribution in [0.3, 0.4) is 0 Å². The summed E-state index contributed by atoms with van der Waals surface area (Å²) in [6.07, 6.45) is 4.19. The quantitative estimate of drug-likeness (QED) is 0.439. The molecular formula is C11H19NO4Si. The summed E-state index contributed by atoms with van der Waals surface area (Å²) in [4.78, 5) is 16.1. The minimum atomic E-state index is -1.60. The van der Waals surface area contributed by atoms with Crippen molar-refractivity contribution in [1.82, 2.24) is 0 Å². The third-order valence-corrected chi connectivity index (χ3v) is 2.99. The molecule has 1 rings (SSSR count). The smallest absolute Gasteiger partial charge is 0.330 e. The lowest BCUT2D eigenvalue weighted by atomic mass is 10.2. The van der Waals surface area contributed by atoms with E-state index in [0.717, 1.165) is 18.6 Å². The Morgan fingerprint density at radius 3 is 2.71 bits per heavy atom. The van der Waals surface area contributed by atoms with Gasteiger partial charge in [0, 0.05) is 12.5 Å². The van der Waals surface area contributed by atoms with Crippen LogP contribution in [0.1, 0.15) is 12.8 Å². The fourth-order valence-corrected chi connectivity index (χ4v) is 2.26. The van der Waals surface area contributed by atoms with Crippen molar-refractivity contribution < 1.29 is 18.8 Å². The van der Waals surface area contributed by atoms with Gasteiger partial charge in [-0.15, -0.1) is 0 Å². The third kappa shape index (κ3) is 5.65. The van der Waals surface area contributed by atoms with E-state index >= 15 is 0 Å². The second-order valence-electron chi connectivity index (χ2n) is 4.74. The van der Waals surface area contributed by atoms with Gasteiger partial charge >= 0.3 is 5.97 Å². The zero-order valence-electron chi connectivity index (χ0n) is 10.7. The predicted octanol–water partition coefficient (Wildman–Crippen LogP) is 2.06. The van der Waals surface area contributed by atoms with Crippen LogP contribution in [-0.2, 0) is 18.8 Å². The molecule has 0 aromatic heterocycles. The fraction of sp³-hybridized carbons (Fsp3) is 0.636. The first-order valence-corrected chi connectivity index (χ1v) is 8.98.